The lowest BCUT2D eigenvalue weighted by molar-refractivity contribution is -0.207. The van der Waals surface area contributed by atoms with Gasteiger partial charge in [0.2, 0.25) is 0 Å². The number of ether oxygens (including phenoxy) is 1. The number of hydrogen-bond acceptors (Lipinski definition) is 2. The second-order valence-corrected chi connectivity index (χ2v) is 5.35. The third-order valence-corrected chi connectivity index (χ3v) is 2.85. The number of rotatable bonds is 10. The first kappa shape index (κ1) is 17.5. The molecule has 18 heavy (non-hydrogen) atoms. The maximum absolute atomic E-state index is 9.73. The van der Waals surface area contributed by atoms with Crippen LogP contribution >= 0.6 is 0 Å². The Hall–Kier alpha value is -0.520. The summed E-state index contributed by atoms with van der Waals surface area (Å²) >= 11 is 0. The minimum Gasteiger partial charge on any atom is -0.366 e. The van der Waals surface area contributed by atoms with Crippen LogP contribution in [0, 0.1) is 11.8 Å². The Kier molecular flexibility index (Phi) is 10.1. The number of unbranched alkanes of at least 4 members (excludes halogenated alkanes) is 4. The lowest BCUT2D eigenvalue weighted by Gasteiger charge is -2.26. The van der Waals surface area contributed by atoms with E-state index in [0.29, 0.717) is 0 Å². The van der Waals surface area contributed by atoms with E-state index in [1.165, 1.54) is 32.1 Å². The van der Waals surface area contributed by atoms with E-state index in [-0.39, 0.29) is 6.10 Å². The maximum atomic E-state index is 9.73. The minimum atomic E-state index is -1.03. The summed E-state index contributed by atoms with van der Waals surface area (Å²) in [5.74, 6) is 4.93. The molecule has 2 heteroatoms. The van der Waals surface area contributed by atoms with Gasteiger partial charge in [0.25, 0.3) is 0 Å². The summed E-state index contributed by atoms with van der Waals surface area (Å²) in [7, 11) is 0. The fourth-order valence-corrected chi connectivity index (χ4v) is 2.00. The zero-order chi connectivity index (χ0) is 13.9. The Balaban J connectivity index is 3.91. The lowest BCUT2D eigenvalue weighted by Crippen LogP contribution is -2.30. The molecule has 0 aromatic rings. The molecule has 0 aliphatic carbocycles. The van der Waals surface area contributed by atoms with Crippen molar-refractivity contribution in [1.82, 2.24) is 0 Å². The second kappa shape index (κ2) is 10.4. The van der Waals surface area contributed by atoms with Crippen LogP contribution < -0.4 is 0 Å². The fraction of sp³-hybridized carbons (Fsp3) is 0.875. The molecule has 0 aromatic carbocycles. The van der Waals surface area contributed by atoms with Gasteiger partial charge < -0.3 is 9.84 Å². The Labute approximate surface area is 113 Å². The molecule has 106 valence electrons. The van der Waals surface area contributed by atoms with E-state index in [9.17, 15) is 5.11 Å². The molecule has 1 unspecified atom stereocenters. The first-order chi connectivity index (χ1) is 8.49. The van der Waals surface area contributed by atoms with Gasteiger partial charge in [0.1, 0.15) is 0 Å². The SMILES string of the molecule is CC#CCCC(CCCCCCC)OC(C)(C)O. The predicted molar refractivity (Wildman–Crippen MR) is 77.2 cm³/mol. The van der Waals surface area contributed by atoms with Crippen molar-refractivity contribution >= 4 is 0 Å². The summed E-state index contributed by atoms with van der Waals surface area (Å²) in [5.41, 5.74) is 0. The molecule has 0 amide bonds. The molecule has 2 nitrogen and oxygen atoms in total. The molecule has 0 saturated carbocycles. The molecular weight excluding hydrogens is 224 g/mol. The van der Waals surface area contributed by atoms with E-state index in [2.05, 4.69) is 18.8 Å². The zero-order valence-electron chi connectivity index (χ0n) is 12.6. The van der Waals surface area contributed by atoms with Crippen LogP contribution in [0.15, 0.2) is 0 Å². The van der Waals surface area contributed by atoms with Crippen LogP contribution in [0.3, 0.4) is 0 Å². The molecule has 1 N–H and O–H groups in total. The average molecular weight is 254 g/mol. The molecule has 0 rings (SSSR count). The smallest absolute Gasteiger partial charge is 0.160 e. The van der Waals surface area contributed by atoms with Crippen LogP contribution in [-0.2, 0) is 4.74 Å². The molecular formula is C16H30O2. The lowest BCUT2D eigenvalue weighted by atomic mass is 10.0. The summed E-state index contributed by atoms with van der Waals surface area (Å²) in [4.78, 5) is 0. The van der Waals surface area contributed by atoms with Crippen molar-refractivity contribution in [2.24, 2.45) is 0 Å². The molecule has 0 aliphatic heterocycles. The molecule has 0 fully saturated rings. The van der Waals surface area contributed by atoms with Crippen molar-refractivity contribution in [2.75, 3.05) is 0 Å². The molecule has 0 aliphatic rings. The third-order valence-electron chi connectivity index (χ3n) is 2.85. The van der Waals surface area contributed by atoms with E-state index in [0.717, 1.165) is 19.3 Å². The standard InChI is InChI=1S/C16H30O2/c1-5-7-9-10-12-14-15(13-11-8-6-2)18-16(3,4)17/h15,17H,5,7,9-14H2,1-4H3. The highest BCUT2D eigenvalue weighted by atomic mass is 16.6. The van der Waals surface area contributed by atoms with Crippen molar-refractivity contribution in [3.63, 3.8) is 0 Å². The van der Waals surface area contributed by atoms with Crippen molar-refractivity contribution < 1.29 is 9.84 Å². The van der Waals surface area contributed by atoms with Crippen molar-refractivity contribution in [3.05, 3.63) is 0 Å². The Morgan fingerprint density at radius 1 is 1.11 bits per heavy atom. The van der Waals surface area contributed by atoms with Gasteiger partial charge in [0.15, 0.2) is 5.79 Å². The number of hydrogen-bond donors (Lipinski definition) is 1. The van der Waals surface area contributed by atoms with Crippen molar-refractivity contribution in [1.29, 1.82) is 0 Å². The average Bonchev–Trinajstić information content (AvgIpc) is 2.27. The van der Waals surface area contributed by atoms with Gasteiger partial charge in [-0.25, -0.2) is 0 Å². The van der Waals surface area contributed by atoms with Gasteiger partial charge in [-0.1, -0.05) is 39.0 Å². The van der Waals surface area contributed by atoms with Crippen molar-refractivity contribution in [3.8, 4) is 11.8 Å². The van der Waals surface area contributed by atoms with Gasteiger partial charge >= 0.3 is 0 Å². The molecule has 0 saturated heterocycles. The third kappa shape index (κ3) is 12.0. The summed E-state index contributed by atoms with van der Waals surface area (Å²) in [6.45, 7) is 7.48. The molecule has 1 atom stereocenters. The topological polar surface area (TPSA) is 29.5 Å². The Morgan fingerprint density at radius 3 is 2.33 bits per heavy atom. The normalized spacial score (nSPS) is 12.9. The summed E-state index contributed by atoms with van der Waals surface area (Å²) in [6.07, 6.45) is 9.27. The molecule has 0 spiro atoms. The van der Waals surface area contributed by atoms with Crippen molar-refractivity contribution in [2.45, 2.75) is 91.0 Å². The van der Waals surface area contributed by atoms with E-state index in [4.69, 9.17) is 4.74 Å². The summed E-state index contributed by atoms with van der Waals surface area (Å²) < 4.78 is 5.68. The van der Waals surface area contributed by atoms with Gasteiger partial charge in [-0.05, 0) is 33.6 Å². The highest BCUT2D eigenvalue weighted by Gasteiger charge is 2.19. The largest absolute Gasteiger partial charge is 0.366 e. The van der Waals surface area contributed by atoms with E-state index < -0.39 is 5.79 Å². The fourth-order valence-electron chi connectivity index (χ4n) is 2.00. The second-order valence-electron chi connectivity index (χ2n) is 5.35. The minimum absolute atomic E-state index is 0.132. The van der Waals surface area contributed by atoms with Gasteiger partial charge in [-0.15, -0.1) is 11.8 Å². The molecule has 0 aromatic heterocycles. The zero-order valence-corrected chi connectivity index (χ0v) is 12.6. The quantitative estimate of drug-likeness (QED) is 0.358. The monoisotopic (exact) mass is 254 g/mol. The van der Waals surface area contributed by atoms with Crippen LogP contribution in [-0.4, -0.2) is 17.0 Å². The highest BCUT2D eigenvalue weighted by Crippen LogP contribution is 2.18. The first-order valence-electron chi connectivity index (χ1n) is 7.29. The van der Waals surface area contributed by atoms with Gasteiger partial charge in [0.05, 0.1) is 6.10 Å². The molecule has 0 heterocycles. The summed E-state index contributed by atoms with van der Waals surface area (Å²) in [6, 6.07) is 0. The Morgan fingerprint density at radius 2 is 1.78 bits per heavy atom. The van der Waals surface area contributed by atoms with Gasteiger partial charge in [0, 0.05) is 6.42 Å². The molecule has 0 radical (unpaired) electrons. The van der Waals surface area contributed by atoms with Crippen LogP contribution in [0.2, 0.25) is 0 Å². The Bertz CT molecular complexity index is 242. The number of aliphatic hydroxyl groups is 1. The summed E-state index contributed by atoms with van der Waals surface area (Å²) in [5, 5.41) is 9.73. The maximum Gasteiger partial charge on any atom is 0.160 e. The predicted octanol–water partition coefficient (Wildman–Crippen LogP) is 4.26. The van der Waals surface area contributed by atoms with Crippen LogP contribution in [0.4, 0.5) is 0 Å². The highest BCUT2D eigenvalue weighted by molar-refractivity contribution is 4.95. The van der Waals surface area contributed by atoms with Crippen LogP contribution in [0.1, 0.15) is 79.1 Å². The van der Waals surface area contributed by atoms with E-state index in [1.807, 2.05) is 6.92 Å². The van der Waals surface area contributed by atoms with Gasteiger partial charge in [-0.2, -0.15) is 0 Å². The van der Waals surface area contributed by atoms with Gasteiger partial charge in [-0.3, -0.25) is 0 Å². The first-order valence-corrected chi connectivity index (χ1v) is 7.29. The van der Waals surface area contributed by atoms with Crippen LogP contribution in [0.5, 0.6) is 0 Å². The van der Waals surface area contributed by atoms with E-state index in [1.54, 1.807) is 13.8 Å². The van der Waals surface area contributed by atoms with Crippen LogP contribution in [0.25, 0.3) is 0 Å². The van der Waals surface area contributed by atoms with E-state index >= 15 is 0 Å². The molecule has 0 bridgehead atoms.